The van der Waals surface area contributed by atoms with E-state index in [-0.39, 0.29) is 0 Å². The Hall–Kier alpha value is -0.750. The zero-order valence-electron chi connectivity index (χ0n) is 10.6. The number of rotatable bonds is 6. The van der Waals surface area contributed by atoms with Gasteiger partial charge in [0.1, 0.15) is 5.92 Å². The molecule has 6 heteroatoms. The largest absolute Gasteiger partial charge is 0.481 e. The summed E-state index contributed by atoms with van der Waals surface area (Å²) in [5.41, 5.74) is 0.785. The monoisotopic (exact) mass is 286 g/mol. The highest BCUT2D eigenvalue weighted by atomic mass is 32.2. The predicted octanol–water partition coefficient (Wildman–Crippen LogP) is 2.81. The summed E-state index contributed by atoms with van der Waals surface area (Å²) in [6.07, 6.45) is 4.76. The maximum atomic E-state index is 11.1. The molecule has 0 saturated carbocycles. The van der Waals surface area contributed by atoms with Crippen molar-refractivity contribution < 1.29 is 9.90 Å². The Morgan fingerprint density at radius 3 is 3.17 bits per heavy atom. The normalized spacial score (nSPS) is 19.6. The van der Waals surface area contributed by atoms with Crippen molar-refractivity contribution in [1.82, 2.24) is 4.98 Å². The van der Waals surface area contributed by atoms with Crippen LogP contribution in [-0.2, 0) is 11.2 Å². The number of anilines is 1. The Balaban J connectivity index is 1.93. The Morgan fingerprint density at radius 2 is 2.50 bits per heavy atom. The summed E-state index contributed by atoms with van der Waals surface area (Å²) in [7, 11) is 0. The smallest absolute Gasteiger partial charge is 0.312 e. The third kappa shape index (κ3) is 2.98. The number of carboxylic acid groups (broad SMARTS) is 1. The van der Waals surface area contributed by atoms with Crippen molar-refractivity contribution in [2.75, 3.05) is 18.1 Å². The number of hydrogen-bond acceptors (Lipinski definition) is 5. The van der Waals surface area contributed by atoms with Gasteiger partial charge in [-0.1, -0.05) is 6.92 Å². The highest BCUT2D eigenvalue weighted by Crippen LogP contribution is 2.38. The van der Waals surface area contributed by atoms with Crippen molar-refractivity contribution >= 4 is 34.2 Å². The number of aryl methyl sites for hydroxylation is 1. The first-order valence-electron chi connectivity index (χ1n) is 6.11. The Labute approximate surface area is 115 Å². The lowest BCUT2D eigenvalue weighted by atomic mass is 10.1. The van der Waals surface area contributed by atoms with Crippen LogP contribution in [0.3, 0.4) is 0 Å². The van der Waals surface area contributed by atoms with Crippen LogP contribution in [0.1, 0.15) is 36.3 Å². The van der Waals surface area contributed by atoms with Gasteiger partial charge in [0.25, 0.3) is 0 Å². The lowest BCUT2D eigenvalue weighted by Gasteiger charge is -2.08. The first-order chi connectivity index (χ1) is 8.61. The van der Waals surface area contributed by atoms with Crippen molar-refractivity contribution in [2.45, 2.75) is 37.4 Å². The summed E-state index contributed by atoms with van der Waals surface area (Å²) in [4.78, 5) is 16.6. The first-order valence-corrected chi connectivity index (χ1v) is 8.21. The molecule has 2 rings (SSSR count). The molecule has 4 nitrogen and oxygen atoms in total. The zero-order chi connectivity index (χ0) is 13.1. The van der Waals surface area contributed by atoms with Gasteiger partial charge in [0.15, 0.2) is 5.13 Å². The van der Waals surface area contributed by atoms with Gasteiger partial charge in [-0.2, -0.15) is 11.8 Å². The number of thiazole rings is 1. The second kappa shape index (κ2) is 5.93. The average Bonchev–Trinajstić information content (AvgIpc) is 2.87. The van der Waals surface area contributed by atoms with Gasteiger partial charge >= 0.3 is 5.97 Å². The molecule has 18 heavy (non-hydrogen) atoms. The van der Waals surface area contributed by atoms with E-state index in [1.807, 2.05) is 11.8 Å². The van der Waals surface area contributed by atoms with E-state index in [1.165, 1.54) is 0 Å². The molecule has 1 aliphatic carbocycles. The van der Waals surface area contributed by atoms with Crippen LogP contribution in [0.2, 0.25) is 0 Å². The van der Waals surface area contributed by atoms with Crippen LogP contribution < -0.4 is 5.32 Å². The molecular weight excluding hydrogens is 268 g/mol. The van der Waals surface area contributed by atoms with Gasteiger partial charge in [-0.05, 0) is 25.5 Å². The number of nitrogens with one attached hydrogen (secondary N) is 1. The highest BCUT2D eigenvalue weighted by Gasteiger charge is 2.32. The quantitative estimate of drug-likeness (QED) is 0.842. The molecule has 100 valence electrons. The number of aliphatic carboxylic acids is 1. The predicted molar refractivity (Wildman–Crippen MR) is 76.9 cm³/mol. The molecule has 1 aromatic rings. The van der Waals surface area contributed by atoms with E-state index in [4.69, 9.17) is 5.11 Å². The van der Waals surface area contributed by atoms with Gasteiger partial charge < -0.3 is 10.4 Å². The van der Waals surface area contributed by atoms with E-state index in [0.29, 0.717) is 11.7 Å². The lowest BCUT2D eigenvalue weighted by molar-refractivity contribution is -0.138. The molecule has 0 bridgehead atoms. The van der Waals surface area contributed by atoms with E-state index >= 15 is 0 Å². The molecular formula is C12H18N2O2S2. The number of thioether (sulfide) groups is 1. The first kappa shape index (κ1) is 13.7. The van der Waals surface area contributed by atoms with Gasteiger partial charge in [-0.15, -0.1) is 11.3 Å². The molecule has 0 aliphatic heterocycles. The van der Waals surface area contributed by atoms with E-state index in [0.717, 1.165) is 35.1 Å². The van der Waals surface area contributed by atoms with E-state index < -0.39 is 11.9 Å². The summed E-state index contributed by atoms with van der Waals surface area (Å²) < 4.78 is 0. The second-order valence-electron chi connectivity index (χ2n) is 4.52. The summed E-state index contributed by atoms with van der Waals surface area (Å²) in [6, 6.07) is 0. The Morgan fingerprint density at radius 1 is 1.72 bits per heavy atom. The number of carboxylic acids is 1. The molecule has 1 aromatic heterocycles. The van der Waals surface area contributed by atoms with Crippen LogP contribution in [0.5, 0.6) is 0 Å². The molecule has 2 N–H and O–H groups in total. The molecule has 0 saturated heterocycles. The van der Waals surface area contributed by atoms with Crippen LogP contribution in [0, 0.1) is 0 Å². The molecule has 0 radical (unpaired) electrons. The minimum Gasteiger partial charge on any atom is -0.481 e. The fraction of sp³-hybridized carbons (Fsp3) is 0.667. The van der Waals surface area contributed by atoms with E-state index in [2.05, 4.69) is 23.5 Å². The molecule has 1 heterocycles. The van der Waals surface area contributed by atoms with Crippen LogP contribution >= 0.6 is 23.1 Å². The lowest BCUT2D eigenvalue weighted by Crippen LogP contribution is -2.10. The van der Waals surface area contributed by atoms with Crippen LogP contribution in [-0.4, -0.2) is 34.1 Å². The number of carbonyl (C=O) groups is 1. The fourth-order valence-electron chi connectivity index (χ4n) is 2.04. The third-order valence-corrected chi connectivity index (χ3v) is 5.37. The van der Waals surface area contributed by atoms with E-state index in [1.54, 1.807) is 11.3 Å². The van der Waals surface area contributed by atoms with Crippen molar-refractivity contribution in [1.29, 1.82) is 0 Å². The van der Waals surface area contributed by atoms with Gasteiger partial charge in [-0.3, -0.25) is 4.79 Å². The molecule has 0 aromatic carbocycles. The zero-order valence-corrected chi connectivity index (χ0v) is 12.2. The third-order valence-electron chi connectivity index (χ3n) is 3.25. The van der Waals surface area contributed by atoms with Crippen molar-refractivity contribution in [2.24, 2.45) is 0 Å². The molecule has 0 spiro atoms. The number of nitrogens with zero attached hydrogens (tertiary/aromatic N) is 1. The van der Waals surface area contributed by atoms with Crippen molar-refractivity contribution in [3.05, 3.63) is 10.6 Å². The molecule has 0 amide bonds. The maximum absolute atomic E-state index is 11.1. The van der Waals surface area contributed by atoms with Gasteiger partial charge in [-0.25, -0.2) is 4.98 Å². The van der Waals surface area contributed by atoms with Crippen LogP contribution in [0.15, 0.2) is 0 Å². The Bertz CT molecular complexity index is 434. The average molecular weight is 286 g/mol. The summed E-state index contributed by atoms with van der Waals surface area (Å²) in [5.74, 6) is -1.14. The SMILES string of the molecule is CSC(C)CCNc1nc2c(s1)CCC2C(=O)O. The van der Waals surface area contributed by atoms with Gasteiger partial charge in [0, 0.05) is 16.7 Å². The maximum Gasteiger partial charge on any atom is 0.312 e. The van der Waals surface area contributed by atoms with Gasteiger partial charge in [0.05, 0.1) is 5.69 Å². The minimum atomic E-state index is -0.749. The summed E-state index contributed by atoms with van der Waals surface area (Å²) >= 11 is 3.46. The molecule has 2 unspecified atom stereocenters. The fourth-order valence-corrected chi connectivity index (χ4v) is 3.46. The summed E-state index contributed by atoms with van der Waals surface area (Å²) in [5, 5.41) is 13.9. The Kier molecular flexibility index (Phi) is 4.50. The van der Waals surface area contributed by atoms with Crippen LogP contribution in [0.25, 0.3) is 0 Å². The highest BCUT2D eigenvalue weighted by molar-refractivity contribution is 7.99. The van der Waals surface area contributed by atoms with Crippen LogP contribution in [0.4, 0.5) is 5.13 Å². The van der Waals surface area contributed by atoms with Gasteiger partial charge in [0.2, 0.25) is 0 Å². The molecule has 1 aliphatic rings. The molecule has 2 atom stereocenters. The summed E-state index contributed by atoms with van der Waals surface area (Å²) in [6.45, 7) is 3.10. The minimum absolute atomic E-state index is 0.392. The second-order valence-corrected chi connectivity index (χ2v) is 6.88. The number of fused-ring (bicyclic) bond motifs is 1. The van der Waals surface area contributed by atoms with Crippen molar-refractivity contribution in [3.8, 4) is 0 Å². The topological polar surface area (TPSA) is 62.2 Å². The van der Waals surface area contributed by atoms with Crippen molar-refractivity contribution in [3.63, 3.8) is 0 Å². The van der Waals surface area contributed by atoms with E-state index in [9.17, 15) is 4.79 Å². The molecule has 0 fully saturated rings. The number of hydrogen-bond donors (Lipinski definition) is 2. The number of aromatic nitrogens is 1. The standard InChI is InChI=1S/C12H18N2O2S2/c1-7(17-2)5-6-13-12-14-10-8(11(15)16)3-4-9(10)18-12/h7-8H,3-6H2,1-2H3,(H,13,14)(H,15,16).